The minimum atomic E-state index is -3.31. The van der Waals surface area contributed by atoms with Gasteiger partial charge in [0.25, 0.3) is 10.2 Å². The number of hydrogen-bond donors (Lipinski definition) is 2. The van der Waals surface area contributed by atoms with Crippen LogP contribution < -0.4 is 10.5 Å². The zero-order valence-corrected chi connectivity index (χ0v) is 10.8. The summed E-state index contributed by atoms with van der Waals surface area (Å²) >= 11 is 0. The molecule has 0 spiro atoms. The molecular formula is C8H20ClN3O2S. The summed E-state index contributed by atoms with van der Waals surface area (Å²) in [7, 11) is -3.31. The first-order chi connectivity index (χ1) is 6.42. The van der Waals surface area contributed by atoms with E-state index in [1.165, 1.54) is 4.31 Å². The van der Waals surface area contributed by atoms with Gasteiger partial charge in [-0.15, -0.1) is 12.4 Å². The summed E-state index contributed by atoms with van der Waals surface area (Å²) in [6, 6.07) is -0.0920. The van der Waals surface area contributed by atoms with E-state index in [0.717, 1.165) is 12.8 Å². The number of halogens is 1. The van der Waals surface area contributed by atoms with E-state index in [1.807, 2.05) is 0 Å². The molecule has 7 heteroatoms. The molecule has 0 aromatic heterocycles. The van der Waals surface area contributed by atoms with Crippen LogP contribution in [0.1, 0.15) is 26.7 Å². The second kappa shape index (κ2) is 6.00. The molecule has 5 nitrogen and oxygen atoms in total. The lowest BCUT2D eigenvalue weighted by Crippen LogP contribution is -2.51. The third kappa shape index (κ3) is 4.65. The van der Waals surface area contributed by atoms with Gasteiger partial charge in [-0.2, -0.15) is 17.4 Å². The number of piperidine rings is 1. The van der Waals surface area contributed by atoms with Crippen molar-refractivity contribution in [1.82, 2.24) is 9.03 Å². The molecular weight excluding hydrogens is 238 g/mol. The predicted molar refractivity (Wildman–Crippen MR) is 63.2 cm³/mol. The Morgan fingerprint density at radius 2 is 2.07 bits per heavy atom. The van der Waals surface area contributed by atoms with E-state index < -0.39 is 10.2 Å². The van der Waals surface area contributed by atoms with E-state index in [2.05, 4.69) is 4.72 Å². The molecule has 1 atom stereocenters. The van der Waals surface area contributed by atoms with Crippen LogP contribution >= 0.6 is 12.4 Å². The normalized spacial score (nSPS) is 23.9. The number of nitrogens with two attached hydrogens (primary N) is 1. The Morgan fingerprint density at radius 1 is 1.47 bits per heavy atom. The summed E-state index contributed by atoms with van der Waals surface area (Å²) in [4.78, 5) is 0. The quantitative estimate of drug-likeness (QED) is 0.752. The second-order valence-electron chi connectivity index (χ2n) is 4.04. The Labute approximate surface area is 98.0 Å². The van der Waals surface area contributed by atoms with Crippen molar-refractivity contribution >= 4 is 22.6 Å². The monoisotopic (exact) mass is 257 g/mol. The molecule has 92 valence electrons. The van der Waals surface area contributed by atoms with Crippen LogP contribution in [-0.2, 0) is 10.2 Å². The Hall–Kier alpha value is 0.120. The number of nitrogens with one attached hydrogen (secondary N) is 1. The SMILES string of the molecule is CC(C)NS(=O)(=O)N1CCC[C@@H](N)C1.Cl. The molecule has 3 N–H and O–H groups in total. The van der Waals surface area contributed by atoms with Gasteiger partial charge >= 0.3 is 0 Å². The van der Waals surface area contributed by atoms with Crippen molar-refractivity contribution in [2.45, 2.75) is 38.8 Å². The van der Waals surface area contributed by atoms with E-state index in [4.69, 9.17) is 5.73 Å². The maximum Gasteiger partial charge on any atom is 0.279 e. The third-order valence-electron chi connectivity index (χ3n) is 2.15. The van der Waals surface area contributed by atoms with Crippen LogP contribution in [-0.4, -0.2) is 37.9 Å². The van der Waals surface area contributed by atoms with E-state index in [-0.39, 0.29) is 24.5 Å². The van der Waals surface area contributed by atoms with Crippen molar-refractivity contribution in [1.29, 1.82) is 0 Å². The van der Waals surface area contributed by atoms with E-state index >= 15 is 0 Å². The van der Waals surface area contributed by atoms with Crippen LogP contribution in [0.3, 0.4) is 0 Å². The molecule has 1 rings (SSSR count). The molecule has 0 amide bonds. The lowest BCUT2D eigenvalue weighted by Gasteiger charge is -2.30. The van der Waals surface area contributed by atoms with Crippen LogP contribution in [0, 0.1) is 0 Å². The van der Waals surface area contributed by atoms with Crippen molar-refractivity contribution in [3.05, 3.63) is 0 Å². The smallest absolute Gasteiger partial charge is 0.279 e. The lowest BCUT2D eigenvalue weighted by molar-refractivity contribution is 0.311. The molecule has 1 heterocycles. The highest BCUT2D eigenvalue weighted by molar-refractivity contribution is 7.87. The molecule has 1 aliphatic rings. The minimum Gasteiger partial charge on any atom is -0.327 e. The Morgan fingerprint density at radius 3 is 2.53 bits per heavy atom. The van der Waals surface area contributed by atoms with E-state index in [1.54, 1.807) is 13.8 Å². The van der Waals surface area contributed by atoms with E-state index in [0.29, 0.717) is 13.1 Å². The summed E-state index contributed by atoms with van der Waals surface area (Å²) in [5.41, 5.74) is 5.72. The van der Waals surface area contributed by atoms with Gasteiger partial charge < -0.3 is 5.73 Å². The molecule has 0 radical (unpaired) electrons. The summed E-state index contributed by atoms with van der Waals surface area (Å²) in [5, 5.41) is 0. The Kier molecular flexibility index (Phi) is 6.05. The highest BCUT2D eigenvalue weighted by Crippen LogP contribution is 2.11. The van der Waals surface area contributed by atoms with Gasteiger partial charge in [0.15, 0.2) is 0 Å². The van der Waals surface area contributed by atoms with Gasteiger partial charge in [0.1, 0.15) is 0 Å². The Bertz CT molecular complexity index is 282. The highest BCUT2D eigenvalue weighted by Gasteiger charge is 2.27. The maximum absolute atomic E-state index is 11.7. The van der Waals surface area contributed by atoms with Crippen molar-refractivity contribution in [3.8, 4) is 0 Å². The zero-order chi connectivity index (χ0) is 10.8. The minimum absolute atomic E-state index is 0. The third-order valence-corrected chi connectivity index (χ3v) is 3.93. The van der Waals surface area contributed by atoms with Gasteiger partial charge in [-0.1, -0.05) is 0 Å². The van der Waals surface area contributed by atoms with Crippen LogP contribution in [0.2, 0.25) is 0 Å². The van der Waals surface area contributed by atoms with Crippen LogP contribution in [0.5, 0.6) is 0 Å². The first-order valence-electron chi connectivity index (χ1n) is 4.95. The van der Waals surface area contributed by atoms with Gasteiger partial charge in [0.05, 0.1) is 0 Å². The summed E-state index contributed by atoms with van der Waals surface area (Å²) in [6.07, 6.45) is 1.76. The zero-order valence-electron chi connectivity index (χ0n) is 9.14. The molecule has 1 aliphatic heterocycles. The van der Waals surface area contributed by atoms with Crippen LogP contribution in [0.4, 0.5) is 0 Å². The second-order valence-corrected chi connectivity index (χ2v) is 5.74. The van der Waals surface area contributed by atoms with Crippen molar-refractivity contribution in [2.75, 3.05) is 13.1 Å². The van der Waals surface area contributed by atoms with Crippen molar-refractivity contribution in [2.24, 2.45) is 5.73 Å². The molecule has 0 saturated carbocycles. The molecule has 0 aliphatic carbocycles. The van der Waals surface area contributed by atoms with Crippen molar-refractivity contribution in [3.63, 3.8) is 0 Å². The molecule has 1 saturated heterocycles. The topological polar surface area (TPSA) is 75.4 Å². The summed E-state index contributed by atoms with van der Waals surface area (Å²) in [6.45, 7) is 4.63. The highest BCUT2D eigenvalue weighted by atomic mass is 35.5. The Balaban J connectivity index is 0.00000196. The van der Waals surface area contributed by atoms with Crippen LogP contribution in [0.25, 0.3) is 0 Å². The molecule has 1 fully saturated rings. The number of nitrogens with zero attached hydrogens (tertiary/aromatic N) is 1. The maximum atomic E-state index is 11.7. The molecule has 0 bridgehead atoms. The van der Waals surface area contributed by atoms with Crippen molar-refractivity contribution < 1.29 is 8.42 Å². The average Bonchev–Trinajstić information content (AvgIpc) is 2.01. The fourth-order valence-corrected chi connectivity index (χ4v) is 3.07. The largest absolute Gasteiger partial charge is 0.327 e. The van der Waals surface area contributed by atoms with Crippen LogP contribution in [0.15, 0.2) is 0 Å². The lowest BCUT2D eigenvalue weighted by atomic mass is 10.1. The van der Waals surface area contributed by atoms with E-state index in [9.17, 15) is 8.42 Å². The molecule has 15 heavy (non-hydrogen) atoms. The summed E-state index contributed by atoms with van der Waals surface area (Å²) < 4.78 is 27.4. The van der Waals surface area contributed by atoms with Gasteiger partial charge in [-0.3, -0.25) is 0 Å². The summed E-state index contributed by atoms with van der Waals surface area (Å²) in [5.74, 6) is 0. The standard InChI is InChI=1S/C8H19N3O2S.ClH/c1-7(2)10-14(12,13)11-5-3-4-8(9)6-11;/h7-8,10H,3-6,9H2,1-2H3;1H/t8-;/m1./s1. The first-order valence-corrected chi connectivity index (χ1v) is 6.39. The molecule has 0 aromatic rings. The predicted octanol–water partition coefficient (Wildman–Crippen LogP) is 0.0741. The fraction of sp³-hybridized carbons (Fsp3) is 1.00. The number of hydrogen-bond acceptors (Lipinski definition) is 3. The van der Waals surface area contributed by atoms with Gasteiger partial charge in [0.2, 0.25) is 0 Å². The number of rotatable bonds is 3. The van der Waals surface area contributed by atoms with Gasteiger partial charge in [-0.25, -0.2) is 0 Å². The average molecular weight is 258 g/mol. The molecule has 0 aromatic carbocycles. The fourth-order valence-electron chi connectivity index (χ4n) is 1.56. The molecule has 0 unspecified atom stereocenters. The van der Waals surface area contributed by atoms with Gasteiger partial charge in [-0.05, 0) is 26.7 Å². The first kappa shape index (κ1) is 15.1. The van der Waals surface area contributed by atoms with Gasteiger partial charge in [0, 0.05) is 25.2 Å².